The molecule has 1 aliphatic heterocycles. The van der Waals surface area contributed by atoms with Crippen molar-refractivity contribution in [1.29, 1.82) is 0 Å². The molecule has 6 rings (SSSR count). The van der Waals surface area contributed by atoms with Crippen molar-refractivity contribution in [1.82, 2.24) is 18.7 Å². The number of carbonyl (C=O) groups excluding carboxylic acids is 3. The summed E-state index contributed by atoms with van der Waals surface area (Å²) in [6.45, 7) is 0. The van der Waals surface area contributed by atoms with Crippen molar-refractivity contribution in [2.45, 2.75) is 18.9 Å². The molecular weight excluding hydrogens is 402 g/mol. The number of nitrogens with zero attached hydrogens (tertiary/aromatic N) is 4. The van der Waals surface area contributed by atoms with Gasteiger partial charge in [0.05, 0.1) is 35.1 Å². The van der Waals surface area contributed by atoms with E-state index in [1.54, 1.807) is 24.5 Å². The third kappa shape index (κ3) is 2.51. The van der Waals surface area contributed by atoms with Crippen LogP contribution in [0.25, 0.3) is 22.1 Å². The van der Waals surface area contributed by atoms with E-state index in [2.05, 4.69) is 18.7 Å². The van der Waals surface area contributed by atoms with E-state index in [0.717, 1.165) is 41.1 Å². The highest BCUT2D eigenvalue weighted by Crippen LogP contribution is 2.45. The van der Waals surface area contributed by atoms with Crippen LogP contribution in [0.2, 0.25) is 0 Å². The molecule has 4 aromatic rings. The Morgan fingerprint density at radius 1 is 1.03 bits per heavy atom. The van der Waals surface area contributed by atoms with Crippen LogP contribution in [0.5, 0.6) is 0 Å². The lowest BCUT2D eigenvalue weighted by Crippen LogP contribution is -2.31. The molecule has 2 aliphatic rings. The second-order valence-corrected chi connectivity index (χ2v) is 8.28. The molecule has 1 saturated carbocycles. The number of Topliss-reactive ketones (excluding diaryl/α,β-unsaturated/α-hetero) is 2. The SMILES string of the molecule is O=C1C(=O)N(c2ccc3nc[nH]c3c2)C(c2ccc3nsnc3c2)C1C(=O)C1CC1. The number of fused-ring (bicyclic) bond motifs is 2. The van der Waals surface area contributed by atoms with Gasteiger partial charge >= 0.3 is 0 Å². The van der Waals surface area contributed by atoms with Gasteiger partial charge in [0, 0.05) is 11.6 Å². The molecule has 2 atom stereocenters. The monoisotopic (exact) mass is 417 g/mol. The normalized spacial score (nSPS) is 21.8. The highest BCUT2D eigenvalue weighted by molar-refractivity contribution is 7.00. The van der Waals surface area contributed by atoms with Gasteiger partial charge < -0.3 is 4.98 Å². The molecule has 2 aromatic carbocycles. The summed E-state index contributed by atoms with van der Waals surface area (Å²) in [5.41, 5.74) is 4.20. The predicted molar refractivity (Wildman–Crippen MR) is 110 cm³/mol. The Balaban J connectivity index is 1.53. The molecular formula is C21H15N5O3S. The smallest absolute Gasteiger partial charge is 0.295 e. The van der Waals surface area contributed by atoms with Crippen LogP contribution in [-0.2, 0) is 14.4 Å². The van der Waals surface area contributed by atoms with Gasteiger partial charge in [0.2, 0.25) is 5.78 Å². The third-order valence-electron chi connectivity index (χ3n) is 5.89. The van der Waals surface area contributed by atoms with Gasteiger partial charge in [-0.05, 0) is 48.7 Å². The van der Waals surface area contributed by atoms with E-state index in [1.807, 2.05) is 18.2 Å². The van der Waals surface area contributed by atoms with Crippen LogP contribution in [-0.4, -0.2) is 36.2 Å². The molecule has 1 N–H and O–H groups in total. The minimum atomic E-state index is -1.01. The summed E-state index contributed by atoms with van der Waals surface area (Å²) in [5.74, 6) is -2.58. The molecule has 0 bridgehead atoms. The first kappa shape index (κ1) is 17.4. The summed E-state index contributed by atoms with van der Waals surface area (Å²) in [6.07, 6.45) is 3.13. The molecule has 2 aromatic heterocycles. The Labute approximate surface area is 174 Å². The van der Waals surface area contributed by atoms with Crippen LogP contribution in [0, 0.1) is 11.8 Å². The topological polar surface area (TPSA) is 109 Å². The van der Waals surface area contributed by atoms with Gasteiger partial charge in [-0.15, -0.1) is 0 Å². The number of benzene rings is 2. The maximum absolute atomic E-state index is 13.1. The van der Waals surface area contributed by atoms with Gasteiger partial charge in [-0.1, -0.05) is 6.07 Å². The number of anilines is 1. The number of hydrogen-bond acceptors (Lipinski definition) is 7. The highest BCUT2D eigenvalue weighted by atomic mass is 32.1. The number of hydrogen-bond donors (Lipinski definition) is 1. The maximum Gasteiger partial charge on any atom is 0.295 e. The fourth-order valence-corrected chi connectivity index (χ4v) is 4.77. The van der Waals surface area contributed by atoms with E-state index in [0.29, 0.717) is 16.8 Å². The first-order valence-electron chi connectivity index (χ1n) is 9.68. The molecule has 8 nitrogen and oxygen atoms in total. The zero-order chi connectivity index (χ0) is 20.4. The number of carbonyl (C=O) groups is 3. The standard InChI is InChI=1S/C21H15N5O3S/c27-19(10-1-2-10)17-18(11-3-5-14-16(7-11)25-30-24-14)26(21(29)20(17)28)12-4-6-13-15(8-12)23-9-22-13/h3-10,17-18H,1-2H2,(H,22,23). The predicted octanol–water partition coefficient (Wildman–Crippen LogP) is 2.82. The van der Waals surface area contributed by atoms with E-state index in [4.69, 9.17) is 0 Å². The van der Waals surface area contributed by atoms with E-state index in [9.17, 15) is 14.4 Å². The van der Waals surface area contributed by atoms with Crippen molar-refractivity contribution < 1.29 is 14.4 Å². The molecule has 0 radical (unpaired) electrons. The van der Waals surface area contributed by atoms with Crippen molar-refractivity contribution in [3.05, 3.63) is 48.3 Å². The van der Waals surface area contributed by atoms with Crippen LogP contribution in [0.3, 0.4) is 0 Å². The quantitative estimate of drug-likeness (QED) is 0.404. The number of rotatable bonds is 4. The molecule has 9 heteroatoms. The molecule has 30 heavy (non-hydrogen) atoms. The number of amides is 1. The van der Waals surface area contributed by atoms with Crippen molar-refractivity contribution in [3.63, 3.8) is 0 Å². The first-order valence-corrected chi connectivity index (χ1v) is 10.4. The molecule has 0 spiro atoms. The van der Waals surface area contributed by atoms with Crippen LogP contribution in [0.1, 0.15) is 24.4 Å². The summed E-state index contributed by atoms with van der Waals surface area (Å²) in [4.78, 5) is 47.9. The van der Waals surface area contributed by atoms with Gasteiger partial charge in [0.25, 0.3) is 5.91 Å². The molecule has 1 aliphatic carbocycles. The van der Waals surface area contributed by atoms with Crippen LogP contribution in [0.15, 0.2) is 42.7 Å². The molecule has 1 amide bonds. The zero-order valence-electron chi connectivity index (χ0n) is 15.6. The van der Waals surface area contributed by atoms with Gasteiger partial charge in [-0.2, -0.15) is 8.75 Å². The summed E-state index contributed by atoms with van der Waals surface area (Å²) < 4.78 is 8.50. The number of imidazole rings is 1. The average Bonchev–Trinajstić information content (AvgIpc) is 3.21. The summed E-state index contributed by atoms with van der Waals surface area (Å²) in [6, 6.07) is 10.1. The largest absolute Gasteiger partial charge is 0.345 e. The number of aromatic amines is 1. The van der Waals surface area contributed by atoms with E-state index >= 15 is 0 Å². The van der Waals surface area contributed by atoms with E-state index in [-0.39, 0.29) is 11.7 Å². The average molecular weight is 417 g/mol. The lowest BCUT2D eigenvalue weighted by Gasteiger charge is -2.27. The Morgan fingerprint density at radius 2 is 1.83 bits per heavy atom. The number of H-pyrrole nitrogens is 1. The van der Waals surface area contributed by atoms with Crippen molar-refractivity contribution in [2.75, 3.05) is 4.90 Å². The number of ketones is 2. The molecule has 2 fully saturated rings. The minimum Gasteiger partial charge on any atom is -0.345 e. The number of nitrogens with one attached hydrogen (secondary N) is 1. The Kier molecular flexibility index (Phi) is 3.64. The second kappa shape index (κ2) is 6.27. The Bertz CT molecular complexity index is 1350. The van der Waals surface area contributed by atoms with Crippen molar-refractivity contribution >= 4 is 57.0 Å². The zero-order valence-corrected chi connectivity index (χ0v) is 16.4. The van der Waals surface area contributed by atoms with Crippen LogP contribution in [0.4, 0.5) is 5.69 Å². The Morgan fingerprint density at radius 3 is 2.67 bits per heavy atom. The summed E-state index contributed by atoms with van der Waals surface area (Å²) >= 11 is 1.10. The fourth-order valence-electron chi connectivity index (χ4n) is 4.25. The number of aromatic nitrogens is 4. The fraction of sp³-hybridized carbons (Fsp3) is 0.238. The summed E-state index contributed by atoms with van der Waals surface area (Å²) in [5, 5.41) is 0. The maximum atomic E-state index is 13.1. The van der Waals surface area contributed by atoms with Crippen LogP contribution < -0.4 is 4.90 Å². The minimum absolute atomic E-state index is 0.131. The lowest BCUT2D eigenvalue weighted by atomic mass is 9.87. The van der Waals surface area contributed by atoms with Crippen molar-refractivity contribution in [2.24, 2.45) is 11.8 Å². The Hall–Kier alpha value is -3.46. The molecule has 3 heterocycles. The summed E-state index contributed by atoms with van der Waals surface area (Å²) in [7, 11) is 0. The molecule has 148 valence electrons. The van der Waals surface area contributed by atoms with Gasteiger partial charge in [0.1, 0.15) is 22.7 Å². The molecule has 2 unspecified atom stereocenters. The highest BCUT2D eigenvalue weighted by Gasteiger charge is 2.54. The third-order valence-corrected chi connectivity index (χ3v) is 6.45. The van der Waals surface area contributed by atoms with Gasteiger partial charge in [-0.25, -0.2) is 4.98 Å². The van der Waals surface area contributed by atoms with E-state index in [1.165, 1.54) is 4.90 Å². The molecule has 1 saturated heterocycles. The lowest BCUT2D eigenvalue weighted by molar-refractivity contribution is -0.139. The van der Waals surface area contributed by atoms with Gasteiger partial charge in [0.15, 0.2) is 0 Å². The van der Waals surface area contributed by atoms with Crippen LogP contribution >= 0.6 is 11.7 Å². The van der Waals surface area contributed by atoms with Crippen molar-refractivity contribution in [3.8, 4) is 0 Å². The van der Waals surface area contributed by atoms with E-state index < -0.39 is 23.7 Å². The first-order chi connectivity index (χ1) is 14.6. The van der Waals surface area contributed by atoms with Gasteiger partial charge in [-0.3, -0.25) is 19.3 Å². The second-order valence-electron chi connectivity index (χ2n) is 7.75.